The van der Waals surface area contributed by atoms with Crippen LogP contribution in [-0.2, 0) is 0 Å². The molecule has 1 heterocycles. The minimum absolute atomic E-state index is 0.611. The highest BCUT2D eigenvalue weighted by Gasteiger charge is 2.20. The summed E-state index contributed by atoms with van der Waals surface area (Å²) in [7, 11) is 0. The third kappa shape index (κ3) is 1.48. The van der Waals surface area contributed by atoms with E-state index in [-0.39, 0.29) is 0 Å². The highest BCUT2D eigenvalue weighted by atomic mass is 32.2. The van der Waals surface area contributed by atoms with Crippen LogP contribution in [-0.4, -0.2) is 5.37 Å². The van der Waals surface area contributed by atoms with Crippen molar-refractivity contribution in [3.63, 3.8) is 0 Å². The molecule has 0 amide bonds. The molecule has 0 fully saturated rings. The van der Waals surface area contributed by atoms with E-state index in [0.717, 1.165) is 5.92 Å². The van der Waals surface area contributed by atoms with Crippen molar-refractivity contribution in [1.82, 2.24) is 5.32 Å². The maximum absolute atomic E-state index is 3.45. The summed E-state index contributed by atoms with van der Waals surface area (Å²) in [5.74, 6) is 0.720. The lowest BCUT2D eigenvalue weighted by atomic mass is 10.2. The van der Waals surface area contributed by atoms with E-state index in [9.17, 15) is 0 Å². The van der Waals surface area contributed by atoms with Crippen LogP contribution in [0.3, 0.4) is 0 Å². The van der Waals surface area contributed by atoms with Gasteiger partial charge in [0.2, 0.25) is 0 Å². The van der Waals surface area contributed by atoms with E-state index in [1.807, 2.05) is 11.8 Å². The van der Waals surface area contributed by atoms with Gasteiger partial charge in [-0.25, -0.2) is 0 Å². The maximum atomic E-state index is 3.45. The minimum atomic E-state index is 0.611. The molecule has 1 N–H and O–H groups in total. The molecule has 0 unspecified atom stereocenters. The largest absolute Gasteiger partial charge is 0.376 e. The van der Waals surface area contributed by atoms with Gasteiger partial charge in [0.25, 0.3) is 0 Å². The Labute approximate surface area is 67.3 Å². The van der Waals surface area contributed by atoms with Crippen molar-refractivity contribution in [3.05, 3.63) is 10.6 Å². The van der Waals surface area contributed by atoms with Crippen LogP contribution in [0.2, 0.25) is 0 Å². The fourth-order valence-electron chi connectivity index (χ4n) is 0.926. The second-order valence-electron chi connectivity index (χ2n) is 3.11. The molecule has 1 atom stereocenters. The second kappa shape index (κ2) is 2.87. The summed E-state index contributed by atoms with van der Waals surface area (Å²) in [6.45, 7) is 8.81. The molecule has 0 aromatic heterocycles. The lowest BCUT2D eigenvalue weighted by Gasteiger charge is -2.14. The van der Waals surface area contributed by atoms with Crippen molar-refractivity contribution >= 4 is 11.8 Å². The van der Waals surface area contributed by atoms with Gasteiger partial charge < -0.3 is 5.32 Å². The van der Waals surface area contributed by atoms with Crippen molar-refractivity contribution < 1.29 is 0 Å². The van der Waals surface area contributed by atoms with Gasteiger partial charge in [-0.05, 0) is 19.8 Å². The van der Waals surface area contributed by atoms with Crippen LogP contribution < -0.4 is 5.32 Å². The SMILES string of the molecule is CC1=C(C)S[C@@H](C(C)C)N1. The lowest BCUT2D eigenvalue weighted by Crippen LogP contribution is -2.24. The van der Waals surface area contributed by atoms with Crippen LogP contribution in [0.5, 0.6) is 0 Å². The van der Waals surface area contributed by atoms with Gasteiger partial charge in [0.05, 0.1) is 5.37 Å². The van der Waals surface area contributed by atoms with E-state index in [1.165, 1.54) is 10.6 Å². The van der Waals surface area contributed by atoms with Gasteiger partial charge in [-0.3, -0.25) is 0 Å². The summed E-state index contributed by atoms with van der Waals surface area (Å²) >= 11 is 1.95. The first-order valence-electron chi connectivity index (χ1n) is 3.72. The number of rotatable bonds is 1. The Bertz CT molecular complexity index is 147. The zero-order chi connectivity index (χ0) is 7.72. The predicted molar refractivity (Wildman–Crippen MR) is 47.7 cm³/mol. The summed E-state index contributed by atoms with van der Waals surface area (Å²) in [6.07, 6.45) is 0. The lowest BCUT2D eigenvalue weighted by molar-refractivity contribution is 0.563. The third-order valence-corrected chi connectivity index (χ3v) is 3.37. The van der Waals surface area contributed by atoms with Crippen molar-refractivity contribution in [1.29, 1.82) is 0 Å². The van der Waals surface area contributed by atoms with Gasteiger partial charge in [0, 0.05) is 10.6 Å². The number of hydrogen-bond donors (Lipinski definition) is 1. The summed E-state index contributed by atoms with van der Waals surface area (Å²) in [5, 5.41) is 4.06. The van der Waals surface area contributed by atoms with Crippen LogP contribution in [0.25, 0.3) is 0 Å². The van der Waals surface area contributed by atoms with Gasteiger partial charge >= 0.3 is 0 Å². The third-order valence-electron chi connectivity index (χ3n) is 1.80. The zero-order valence-corrected chi connectivity index (χ0v) is 7.88. The van der Waals surface area contributed by atoms with E-state index >= 15 is 0 Å². The fraction of sp³-hybridized carbons (Fsp3) is 0.750. The Morgan fingerprint density at radius 3 is 2.20 bits per heavy atom. The van der Waals surface area contributed by atoms with E-state index in [4.69, 9.17) is 0 Å². The average Bonchev–Trinajstić information content (AvgIpc) is 2.13. The average molecular weight is 157 g/mol. The molecule has 0 saturated heterocycles. The number of thioether (sulfide) groups is 1. The molecule has 1 rings (SSSR count). The minimum Gasteiger partial charge on any atom is -0.376 e. The van der Waals surface area contributed by atoms with Gasteiger partial charge in [-0.15, -0.1) is 11.8 Å². The molecule has 0 bridgehead atoms. The van der Waals surface area contributed by atoms with Crippen LogP contribution in [0, 0.1) is 5.92 Å². The van der Waals surface area contributed by atoms with Gasteiger partial charge in [0.15, 0.2) is 0 Å². The molecule has 0 aromatic carbocycles. The summed E-state index contributed by atoms with van der Waals surface area (Å²) in [6, 6.07) is 0. The quantitative estimate of drug-likeness (QED) is 0.628. The van der Waals surface area contributed by atoms with Crippen molar-refractivity contribution in [2.75, 3.05) is 0 Å². The van der Waals surface area contributed by atoms with Crippen LogP contribution >= 0.6 is 11.8 Å². The smallest absolute Gasteiger partial charge is 0.0786 e. The molecule has 0 saturated carbocycles. The summed E-state index contributed by atoms with van der Waals surface area (Å²) in [4.78, 5) is 1.44. The van der Waals surface area contributed by atoms with Crippen molar-refractivity contribution in [3.8, 4) is 0 Å². The molecule has 2 heteroatoms. The van der Waals surface area contributed by atoms with E-state index in [2.05, 4.69) is 33.0 Å². The zero-order valence-electron chi connectivity index (χ0n) is 7.06. The highest BCUT2D eigenvalue weighted by molar-refractivity contribution is 8.03. The molecular weight excluding hydrogens is 142 g/mol. The van der Waals surface area contributed by atoms with E-state index < -0.39 is 0 Å². The first-order chi connectivity index (χ1) is 4.61. The Morgan fingerprint density at radius 2 is 2.00 bits per heavy atom. The molecule has 1 nitrogen and oxygen atoms in total. The van der Waals surface area contributed by atoms with Crippen LogP contribution in [0.1, 0.15) is 27.7 Å². The van der Waals surface area contributed by atoms with Gasteiger partial charge in [-0.2, -0.15) is 0 Å². The number of hydrogen-bond acceptors (Lipinski definition) is 2. The molecule has 0 spiro atoms. The maximum Gasteiger partial charge on any atom is 0.0786 e. The highest BCUT2D eigenvalue weighted by Crippen LogP contribution is 2.32. The Morgan fingerprint density at radius 1 is 1.40 bits per heavy atom. The monoisotopic (exact) mass is 157 g/mol. The summed E-state index contributed by atoms with van der Waals surface area (Å²) in [5.41, 5.74) is 1.35. The fourth-order valence-corrected chi connectivity index (χ4v) is 2.05. The number of nitrogens with one attached hydrogen (secondary N) is 1. The van der Waals surface area contributed by atoms with Crippen molar-refractivity contribution in [2.45, 2.75) is 33.1 Å². The van der Waals surface area contributed by atoms with E-state index in [1.54, 1.807) is 0 Å². The first kappa shape index (κ1) is 7.99. The normalized spacial score (nSPS) is 25.9. The topological polar surface area (TPSA) is 12.0 Å². The Kier molecular flexibility index (Phi) is 2.29. The molecule has 0 aliphatic carbocycles. The molecule has 10 heavy (non-hydrogen) atoms. The Balaban J connectivity index is 2.51. The molecule has 0 radical (unpaired) electrons. The Hall–Kier alpha value is -0.110. The standard InChI is InChI=1S/C8H15NS/c1-5(2)8-9-6(3)7(4)10-8/h5,8-9H,1-4H3/t8-/m0/s1. The van der Waals surface area contributed by atoms with Crippen molar-refractivity contribution in [2.24, 2.45) is 5.92 Å². The summed E-state index contributed by atoms with van der Waals surface area (Å²) < 4.78 is 0. The van der Waals surface area contributed by atoms with Gasteiger partial charge in [-0.1, -0.05) is 13.8 Å². The number of allylic oxidation sites excluding steroid dienone is 2. The van der Waals surface area contributed by atoms with Crippen LogP contribution in [0.15, 0.2) is 10.6 Å². The predicted octanol–water partition coefficient (Wildman–Crippen LogP) is 2.56. The van der Waals surface area contributed by atoms with Gasteiger partial charge in [0.1, 0.15) is 0 Å². The molecule has 1 aliphatic heterocycles. The van der Waals surface area contributed by atoms with Crippen LogP contribution in [0.4, 0.5) is 0 Å². The van der Waals surface area contributed by atoms with E-state index in [0.29, 0.717) is 5.37 Å². The second-order valence-corrected chi connectivity index (χ2v) is 4.46. The molecule has 1 aliphatic rings. The molecular formula is C8H15NS. The molecule has 0 aromatic rings. The molecule has 58 valence electrons. The first-order valence-corrected chi connectivity index (χ1v) is 4.60.